The number of aryl methyl sites for hydroxylation is 1. The molecule has 0 amide bonds. The molecule has 2 aromatic carbocycles. The van der Waals surface area contributed by atoms with Crippen molar-refractivity contribution in [2.24, 2.45) is 4.99 Å². The highest BCUT2D eigenvalue weighted by molar-refractivity contribution is 7.07. The summed E-state index contributed by atoms with van der Waals surface area (Å²) in [4.78, 5) is 31.7. The Morgan fingerprint density at radius 1 is 1.21 bits per heavy atom. The molecule has 1 atom stereocenters. The van der Waals surface area contributed by atoms with Gasteiger partial charge < -0.3 is 9.47 Å². The second-order valence-electron chi connectivity index (χ2n) is 7.89. The predicted octanol–water partition coefficient (Wildman–Crippen LogP) is 3.67. The van der Waals surface area contributed by atoms with Crippen molar-refractivity contribution in [2.75, 3.05) is 13.2 Å². The lowest BCUT2D eigenvalue weighted by Gasteiger charge is -2.24. The average molecular weight is 475 g/mol. The van der Waals surface area contributed by atoms with Gasteiger partial charge in [-0.15, -0.1) is 0 Å². The molecule has 0 spiro atoms. The third kappa shape index (κ3) is 4.65. The zero-order chi connectivity index (χ0) is 24.2. The van der Waals surface area contributed by atoms with E-state index in [2.05, 4.69) is 11.6 Å². The summed E-state index contributed by atoms with van der Waals surface area (Å²) in [7, 11) is 0. The normalized spacial score (nSPS) is 15.5. The Bertz CT molecular complexity index is 1440. The van der Waals surface area contributed by atoms with E-state index in [1.807, 2.05) is 61.5 Å². The van der Waals surface area contributed by atoms with Gasteiger partial charge in [0.1, 0.15) is 12.4 Å². The molecule has 3 aromatic rings. The molecule has 34 heavy (non-hydrogen) atoms. The second-order valence-corrected chi connectivity index (χ2v) is 8.89. The first kappa shape index (κ1) is 23.4. The van der Waals surface area contributed by atoms with Gasteiger partial charge in [0.25, 0.3) is 5.56 Å². The van der Waals surface area contributed by atoms with E-state index in [4.69, 9.17) is 9.47 Å². The quantitative estimate of drug-likeness (QED) is 0.387. The number of nitrogens with zero attached hydrogens (tertiary/aromatic N) is 2. The van der Waals surface area contributed by atoms with Gasteiger partial charge in [0.05, 0.1) is 28.5 Å². The lowest BCUT2D eigenvalue weighted by atomic mass is 9.95. The maximum absolute atomic E-state index is 13.6. The Labute approximate surface area is 201 Å². The number of hydrogen-bond donors (Lipinski definition) is 0. The van der Waals surface area contributed by atoms with Crippen LogP contribution in [0, 0.1) is 6.92 Å². The van der Waals surface area contributed by atoms with Crippen LogP contribution in [0.5, 0.6) is 5.75 Å². The number of fused-ring (bicyclic) bond motifs is 1. The van der Waals surface area contributed by atoms with E-state index in [0.29, 0.717) is 33.0 Å². The fraction of sp³-hybridized carbons (Fsp3) is 0.222. The molecule has 1 unspecified atom stereocenters. The molecule has 1 aromatic heterocycles. The van der Waals surface area contributed by atoms with Gasteiger partial charge in [0, 0.05) is 0 Å². The highest BCUT2D eigenvalue weighted by Gasteiger charge is 2.33. The summed E-state index contributed by atoms with van der Waals surface area (Å²) >= 11 is 1.30. The summed E-state index contributed by atoms with van der Waals surface area (Å²) in [5.74, 6) is 0.232. The van der Waals surface area contributed by atoms with Crippen LogP contribution in [0.3, 0.4) is 0 Å². The lowest BCUT2D eigenvalue weighted by Crippen LogP contribution is -2.39. The minimum Gasteiger partial charge on any atom is -0.490 e. The molecule has 4 rings (SSSR count). The number of thiazole rings is 1. The minimum absolute atomic E-state index is 0.207. The van der Waals surface area contributed by atoms with Gasteiger partial charge in [-0.3, -0.25) is 9.36 Å². The fourth-order valence-electron chi connectivity index (χ4n) is 3.86. The molecule has 0 radical (unpaired) electrons. The van der Waals surface area contributed by atoms with E-state index in [1.165, 1.54) is 11.3 Å². The van der Waals surface area contributed by atoms with E-state index in [-0.39, 0.29) is 12.2 Å². The average Bonchev–Trinajstić information content (AvgIpc) is 3.12. The van der Waals surface area contributed by atoms with E-state index < -0.39 is 12.0 Å². The van der Waals surface area contributed by atoms with Gasteiger partial charge >= 0.3 is 5.97 Å². The van der Waals surface area contributed by atoms with Crippen LogP contribution in [0.2, 0.25) is 0 Å². The number of ether oxygens (including phenoxy) is 2. The number of carbonyl (C=O) groups excluding carboxylic acids is 1. The third-order valence-corrected chi connectivity index (χ3v) is 6.42. The van der Waals surface area contributed by atoms with Crippen molar-refractivity contribution >= 4 is 23.4 Å². The lowest BCUT2D eigenvalue weighted by molar-refractivity contribution is -0.139. The van der Waals surface area contributed by atoms with Crippen molar-refractivity contribution in [1.29, 1.82) is 0 Å². The number of rotatable bonds is 7. The molecular formula is C27H26N2O4S. The van der Waals surface area contributed by atoms with Gasteiger partial charge in [0.2, 0.25) is 0 Å². The molecular weight excluding hydrogens is 448 g/mol. The highest BCUT2D eigenvalue weighted by atomic mass is 32.1. The zero-order valence-corrected chi connectivity index (χ0v) is 20.2. The predicted molar refractivity (Wildman–Crippen MR) is 134 cm³/mol. The number of esters is 1. The van der Waals surface area contributed by atoms with Gasteiger partial charge in [-0.05, 0) is 50.1 Å². The Kier molecular flexibility index (Phi) is 6.93. The van der Waals surface area contributed by atoms with E-state index >= 15 is 0 Å². The maximum Gasteiger partial charge on any atom is 0.338 e. The summed E-state index contributed by atoms with van der Waals surface area (Å²) in [5.41, 5.74) is 3.48. The largest absolute Gasteiger partial charge is 0.490 e. The van der Waals surface area contributed by atoms with Crippen molar-refractivity contribution < 1.29 is 14.3 Å². The molecule has 0 N–H and O–H groups in total. The van der Waals surface area contributed by atoms with Crippen LogP contribution >= 0.6 is 11.3 Å². The summed E-state index contributed by atoms with van der Waals surface area (Å²) in [6.45, 7) is 9.85. The SMILES string of the molecule is C=CCOc1cccc(C=c2sc3n(c2=O)C(c2ccc(C)cc2)C(C(=O)OCC)=C(C)N=3)c1. The zero-order valence-electron chi connectivity index (χ0n) is 19.4. The van der Waals surface area contributed by atoms with Gasteiger partial charge in [0.15, 0.2) is 4.80 Å². The molecule has 7 heteroatoms. The number of carbonyl (C=O) groups is 1. The van der Waals surface area contributed by atoms with Gasteiger partial charge in [-0.1, -0.05) is 66.0 Å². The van der Waals surface area contributed by atoms with Gasteiger partial charge in [-0.2, -0.15) is 0 Å². The summed E-state index contributed by atoms with van der Waals surface area (Å²) in [6, 6.07) is 14.7. The van der Waals surface area contributed by atoms with E-state index in [1.54, 1.807) is 24.5 Å². The Hall–Kier alpha value is -3.71. The van der Waals surface area contributed by atoms with Crippen LogP contribution in [-0.4, -0.2) is 23.8 Å². The first-order valence-corrected chi connectivity index (χ1v) is 11.8. The van der Waals surface area contributed by atoms with Gasteiger partial charge in [-0.25, -0.2) is 9.79 Å². The first-order valence-electron chi connectivity index (χ1n) is 11.0. The van der Waals surface area contributed by atoms with Crippen molar-refractivity contribution in [3.63, 3.8) is 0 Å². The third-order valence-electron chi connectivity index (χ3n) is 5.43. The summed E-state index contributed by atoms with van der Waals surface area (Å²) in [5, 5.41) is 0. The molecule has 0 bridgehead atoms. The van der Waals surface area contributed by atoms with Crippen molar-refractivity contribution in [3.05, 3.63) is 109 Å². The number of aromatic nitrogens is 1. The smallest absolute Gasteiger partial charge is 0.338 e. The molecule has 1 aliphatic rings. The molecule has 0 fully saturated rings. The van der Waals surface area contributed by atoms with Crippen LogP contribution in [0.25, 0.3) is 6.08 Å². The molecule has 2 heterocycles. The number of hydrogen-bond acceptors (Lipinski definition) is 6. The standard InChI is InChI=1S/C27H26N2O4S/c1-5-14-33-21-9-7-8-19(15-21)16-22-25(30)29-24(20-12-10-17(3)11-13-20)23(26(31)32-6-2)18(4)28-27(29)34-22/h5,7-13,15-16,24H,1,6,14H2,2-4H3. The van der Waals surface area contributed by atoms with E-state index in [0.717, 1.165) is 16.7 Å². The Morgan fingerprint density at radius 2 is 1.97 bits per heavy atom. The molecule has 1 aliphatic heterocycles. The number of benzene rings is 2. The second kappa shape index (κ2) is 10.1. The van der Waals surface area contributed by atoms with Crippen LogP contribution in [-0.2, 0) is 9.53 Å². The fourth-order valence-corrected chi connectivity index (χ4v) is 4.90. The number of allylic oxidation sites excluding steroid dienone is 1. The topological polar surface area (TPSA) is 69.9 Å². The van der Waals surface area contributed by atoms with Crippen LogP contribution in [0.4, 0.5) is 0 Å². The van der Waals surface area contributed by atoms with Crippen LogP contribution in [0.1, 0.15) is 36.6 Å². The van der Waals surface area contributed by atoms with Crippen molar-refractivity contribution in [3.8, 4) is 5.75 Å². The Morgan fingerprint density at radius 3 is 2.68 bits per heavy atom. The highest BCUT2D eigenvalue weighted by Crippen LogP contribution is 2.30. The van der Waals surface area contributed by atoms with Crippen LogP contribution in [0.15, 0.2) is 82.2 Å². The molecule has 0 saturated carbocycles. The molecule has 0 aliphatic carbocycles. The summed E-state index contributed by atoms with van der Waals surface area (Å²) < 4.78 is 13.1. The van der Waals surface area contributed by atoms with E-state index in [9.17, 15) is 9.59 Å². The monoisotopic (exact) mass is 474 g/mol. The molecule has 0 saturated heterocycles. The maximum atomic E-state index is 13.6. The minimum atomic E-state index is -0.611. The first-order chi connectivity index (χ1) is 16.4. The molecule has 6 nitrogen and oxygen atoms in total. The Balaban J connectivity index is 1.88. The summed E-state index contributed by atoms with van der Waals surface area (Å²) in [6.07, 6.45) is 3.50. The van der Waals surface area contributed by atoms with Crippen molar-refractivity contribution in [2.45, 2.75) is 26.8 Å². The molecule has 174 valence electrons. The van der Waals surface area contributed by atoms with Crippen LogP contribution < -0.4 is 19.6 Å². The van der Waals surface area contributed by atoms with Crippen molar-refractivity contribution in [1.82, 2.24) is 4.57 Å².